The summed E-state index contributed by atoms with van der Waals surface area (Å²) in [6.07, 6.45) is 3.83. The van der Waals surface area contributed by atoms with Crippen molar-refractivity contribution in [1.29, 1.82) is 0 Å². The maximum absolute atomic E-state index is 5.39. The van der Waals surface area contributed by atoms with Crippen LogP contribution in [-0.2, 0) is 19.6 Å². The lowest BCUT2D eigenvalue weighted by molar-refractivity contribution is 0.354. The van der Waals surface area contributed by atoms with Gasteiger partial charge in [-0.3, -0.25) is 0 Å². The summed E-state index contributed by atoms with van der Waals surface area (Å²) in [5.74, 6) is 3.22. The van der Waals surface area contributed by atoms with Crippen molar-refractivity contribution >= 4 is 29.9 Å². The summed E-state index contributed by atoms with van der Waals surface area (Å²) < 4.78 is 12.8. The van der Waals surface area contributed by atoms with Gasteiger partial charge in [-0.1, -0.05) is 30.3 Å². The Labute approximate surface area is 207 Å². The summed E-state index contributed by atoms with van der Waals surface area (Å²) >= 11 is 0. The van der Waals surface area contributed by atoms with Crippen LogP contribution in [0.4, 0.5) is 0 Å². The Morgan fingerprint density at radius 1 is 1.00 bits per heavy atom. The summed E-state index contributed by atoms with van der Waals surface area (Å²) in [7, 11) is 3.28. The molecular weight excluding hydrogens is 517 g/mol. The van der Waals surface area contributed by atoms with Gasteiger partial charge in [0, 0.05) is 32.0 Å². The minimum Gasteiger partial charge on any atom is -0.493 e. The van der Waals surface area contributed by atoms with Crippen LogP contribution in [0.5, 0.6) is 11.5 Å². The molecule has 0 radical (unpaired) electrons. The molecular formula is C24H32IN5O2. The van der Waals surface area contributed by atoms with E-state index in [1.807, 2.05) is 37.5 Å². The van der Waals surface area contributed by atoms with Gasteiger partial charge < -0.3 is 24.7 Å². The van der Waals surface area contributed by atoms with E-state index in [1.54, 1.807) is 14.2 Å². The fraction of sp³-hybridized carbons (Fsp3) is 0.333. The molecule has 1 aromatic heterocycles. The van der Waals surface area contributed by atoms with Crippen LogP contribution in [0.15, 0.2) is 59.9 Å². The molecule has 0 saturated carbocycles. The highest BCUT2D eigenvalue weighted by molar-refractivity contribution is 14.0. The first kappa shape index (κ1) is 25.5. The van der Waals surface area contributed by atoms with E-state index in [-0.39, 0.29) is 24.0 Å². The first-order valence-corrected chi connectivity index (χ1v) is 10.4. The molecule has 1 heterocycles. The van der Waals surface area contributed by atoms with Crippen molar-refractivity contribution in [2.24, 2.45) is 4.99 Å². The third kappa shape index (κ3) is 7.15. The average molecular weight is 549 g/mol. The van der Waals surface area contributed by atoms with Gasteiger partial charge in [-0.25, -0.2) is 9.98 Å². The number of ether oxygens (including phenoxy) is 2. The van der Waals surface area contributed by atoms with Gasteiger partial charge in [-0.2, -0.15) is 0 Å². The van der Waals surface area contributed by atoms with Gasteiger partial charge >= 0.3 is 0 Å². The van der Waals surface area contributed by atoms with Gasteiger partial charge in [-0.05, 0) is 42.7 Å². The Kier molecular flexibility index (Phi) is 10.3. The SMILES string of the molecule is CCNC(=NCc1cccc(Cn2ccnc2C)c1)NCc1ccc(OC)c(OC)c1.I. The zero-order chi connectivity index (χ0) is 22.1. The largest absolute Gasteiger partial charge is 0.493 e. The van der Waals surface area contributed by atoms with E-state index in [0.717, 1.165) is 36.2 Å². The number of hydrogen-bond acceptors (Lipinski definition) is 4. The number of nitrogens with zero attached hydrogens (tertiary/aromatic N) is 3. The van der Waals surface area contributed by atoms with Gasteiger partial charge in [0.05, 0.1) is 20.8 Å². The van der Waals surface area contributed by atoms with Crippen LogP contribution in [0, 0.1) is 6.92 Å². The number of guanidine groups is 1. The minimum absolute atomic E-state index is 0. The van der Waals surface area contributed by atoms with Crippen LogP contribution >= 0.6 is 24.0 Å². The number of nitrogens with one attached hydrogen (secondary N) is 2. The van der Waals surface area contributed by atoms with E-state index in [4.69, 9.17) is 14.5 Å². The number of rotatable bonds is 9. The summed E-state index contributed by atoms with van der Waals surface area (Å²) in [5, 5.41) is 6.69. The molecule has 2 aromatic carbocycles. The first-order valence-electron chi connectivity index (χ1n) is 10.4. The van der Waals surface area contributed by atoms with Crippen molar-refractivity contribution in [3.63, 3.8) is 0 Å². The molecule has 0 bridgehead atoms. The quantitative estimate of drug-likeness (QED) is 0.239. The maximum Gasteiger partial charge on any atom is 0.191 e. The molecule has 32 heavy (non-hydrogen) atoms. The van der Waals surface area contributed by atoms with Crippen molar-refractivity contribution in [3.8, 4) is 11.5 Å². The highest BCUT2D eigenvalue weighted by atomic mass is 127. The fourth-order valence-corrected chi connectivity index (χ4v) is 3.28. The molecule has 0 unspecified atom stereocenters. The number of methoxy groups -OCH3 is 2. The standard InChI is InChI=1S/C24H31N5O2.HI/c1-5-25-24(28-16-20-9-10-22(30-3)23(14-20)31-4)27-15-19-7-6-8-21(13-19)17-29-12-11-26-18(29)2;/h6-14H,5,15-17H2,1-4H3,(H2,25,27,28);1H. The van der Waals surface area contributed by atoms with E-state index in [2.05, 4.69) is 51.4 Å². The Morgan fingerprint density at radius 3 is 2.47 bits per heavy atom. The summed E-state index contributed by atoms with van der Waals surface area (Å²) in [5.41, 5.74) is 3.48. The zero-order valence-electron chi connectivity index (χ0n) is 19.1. The highest BCUT2D eigenvalue weighted by Crippen LogP contribution is 2.27. The van der Waals surface area contributed by atoms with E-state index in [0.29, 0.717) is 18.8 Å². The van der Waals surface area contributed by atoms with E-state index in [9.17, 15) is 0 Å². The molecule has 3 aromatic rings. The number of hydrogen-bond donors (Lipinski definition) is 2. The van der Waals surface area contributed by atoms with Crippen LogP contribution < -0.4 is 20.1 Å². The lowest BCUT2D eigenvalue weighted by Gasteiger charge is -2.13. The number of aryl methyl sites for hydroxylation is 1. The lowest BCUT2D eigenvalue weighted by Crippen LogP contribution is -2.36. The normalized spacial score (nSPS) is 10.9. The Bertz CT molecular complexity index is 1020. The number of halogens is 1. The molecule has 0 amide bonds. The third-order valence-electron chi connectivity index (χ3n) is 4.94. The molecule has 2 N–H and O–H groups in total. The second kappa shape index (κ2) is 12.9. The van der Waals surface area contributed by atoms with Gasteiger partial charge in [0.25, 0.3) is 0 Å². The molecule has 7 nitrogen and oxygen atoms in total. The van der Waals surface area contributed by atoms with Crippen LogP contribution in [0.25, 0.3) is 0 Å². The monoisotopic (exact) mass is 549 g/mol. The maximum atomic E-state index is 5.39. The van der Waals surface area contributed by atoms with E-state index in [1.165, 1.54) is 11.1 Å². The molecule has 0 aliphatic rings. The molecule has 172 valence electrons. The molecule has 0 saturated heterocycles. The van der Waals surface area contributed by atoms with Crippen molar-refractivity contribution in [2.45, 2.75) is 33.5 Å². The highest BCUT2D eigenvalue weighted by Gasteiger charge is 2.06. The second-order valence-electron chi connectivity index (χ2n) is 7.16. The van der Waals surface area contributed by atoms with Gasteiger partial charge in [-0.15, -0.1) is 24.0 Å². The van der Waals surface area contributed by atoms with Crippen LogP contribution in [0.3, 0.4) is 0 Å². The molecule has 8 heteroatoms. The minimum atomic E-state index is 0. The smallest absolute Gasteiger partial charge is 0.191 e. The second-order valence-corrected chi connectivity index (χ2v) is 7.16. The molecule has 0 fully saturated rings. The van der Waals surface area contributed by atoms with Crippen molar-refractivity contribution in [2.75, 3.05) is 20.8 Å². The predicted octanol–water partition coefficient (Wildman–Crippen LogP) is 4.13. The van der Waals surface area contributed by atoms with Crippen molar-refractivity contribution < 1.29 is 9.47 Å². The number of aromatic nitrogens is 2. The molecule has 0 spiro atoms. The van der Waals surface area contributed by atoms with Crippen molar-refractivity contribution in [1.82, 2.24) is 20.2 Å². The summed E-state index contributed by atoms with van der Waals surface area (Å²) in [4.78, 5) is 9.04. The number of imidazole rings is 1. The van der Waals surface area contributed by atoms with E-state index >= 15 is 0 Å². The number of benzene rings is 2. The van der Waals surface area contributed by atoms with Crippen molar-refractivity contribution in [3.05, 3.63) is 77.4 Å². The Hall–Kier alpha value is -2.75. The first-order chi connectivity index (χ1) is 15.1. The van der Waals surface area contributed by atoms with Gasteiger partial charge in [0.2, 0.25) is 0 Å². The molecule has 0 atom stereocenters. The van der Waals surface area contributed by atoms with Crippen LogP contribution in [0.1, 0.15) is 29.4 Å². The fourth-order valence-electron chi connectivity index (χ4n) is 3.28. The molecule has 0 aliphatic carbocycles. The lowest BCUT2D eigenvalue weighted by atomic mass is 10.1. The molecule has 0 aliphatic heterocycles. The molecule has 3 rings (SSSR count). The zero-order valence-corrected chi connectivity index (χ0v) is 21.4. The summed E-state index contributed by atoms with van der Waals surface area (Å²) in [6.45, 7) is 6.89. The predicted molar refractivity (Wildman–Crippen MR) is 139 cm³/mol. The van der Waals surface area contributed by atoms with Gasteiger partial charge in [0.15, 0.2) is 17.5 Å². The van der Waals surface area contributed by atoms with Crippen LogP contribution in [-0.4, -0.2) is 36.3 Å². The topological polar surface area (TPSA) is 72.7 Å². The third-order valence-corrected chi connectivity index (χ3v) is 4.94. The summed E-state index contributed by atoms with van der Waals surface area (Å²) in [6, 6.07) is 14.4. The Morgan fingerprint density at radius 2 is 1.78 bits per heavy atom. The van der Waals surface area contributed by atoms with E-state index < -0.39 is 0 Å². The van der Waals surface area contributed by atoms with Gasteiger partial charge in [0.1, 0.15) is 5.82 Å². The van der Waals surface area contributed by atoms with Crippen LogP contribution in [0.2, 0.25) is 0 Å². The average Bonchev–Trinajstić information content (AvgIpc) is 3.19. The number of aliphatic imine (C=N–C) groups is 1. The Balaban J connectivity index is 0.00000363.